The third-order valence-electron chi connectivity index (χ3n) is 2.73. The van der Waals surface area contributed by atoms with Crippen LogP contribution in [0.25, 0.3) is 0 Å². The molecule has 1 rings (SSSR count). The van der Waals surface area contributed by atoms with Crippen molar-refractivity contribution in [3.8, 4) is 0 Å². The molecule has 3 heteroatoms. The number of hydrogen-bond donors (Lipinski definition) is 2. The summed E-state index contributed by atoms with van der Waals surface area (Å²) < 4.78 is 0. The standard InChI is InChI=1S/C13H19NO2/c1-4-11(8-15)13(16)14-12-7-9(2)5-6-10(12)3/h5-7,11,15H,4,8H2,1-3H3,(H,14,16). The van der Waals surface area contributed by atoms with E-state index in [1.165, 1.54) is 0 Å². The number of nitrogens with one attached hydrogen (secondary N) is 1. The molecule has 0 aromatic heterocycles. The SMILES string of the molecule is CCC(CO)C(=O)Nc1cc(C)ccc1C. The highest BCUT2D eigenvalue weighted by Crippen LogP contribution is 2.17. The van der Waals surface area contributed by atoms with Crippen LogP contribution in [0.1, 0.15) is 24.5 Å². The van der Waals surface area contributed by atoms with Gasteiger partial charge in [-0.1, -0.05) is 19.1 Å². The van der Waals surface area contributed by atoms with E-state index in [1.54, 1.807) is 0 Å². The summed E-state index contributed by atoms with van der Waals surface area (Å²) in [5.74, 6) is -0.432. The molecule has 0 saturated heterocycles. The average molecular weight is 221 g/mol. The Morgan fingerprint density at radius 1 is 1.44 bits per heavy atom. The zero-order valence-electron chi connectivity index (χ0n) is 10.1. The van der Waals surface area contributed by atoms with E-state index in [1.807, 2.05) is 39.0 Å². The number of rotatable bonds is 4. The fraction of sp³-hybridized carbons (Fsp3) is 0.462. The fourth-order valence-electron chi connectivity index (χ4n) is 1.50. The van der Waals surface area contributed by atoms with Crippen molar-refractivity contribution < 1.29 is 9.90 Å². The van der Waals surface area contributed by atoms with Gasteiger partial charge < -0.3 is 10.4 Å². The lowest BCUT2D eigenvalue weighted by Gasteiger charge is -2.14. The zero-order chi connectivity index (χ0) is 12.1. The molecule has 1 atom stereocenters. The molecule has 1 aromatic rings. The maximum Gasteiger partial charge on any atom is 0.229 e. The molecule has 0 aliphatic carbocycles. The van der Waals surface area contributed by atoms with E-state index in [0.717, 1.165) is 16.8 Å². The lowest BCUT2D eigenvalue weighted by atomic mass is 10.1. The molecule has 1 amide bonds. The quantitative estimate of drug-likeness (QED) is 0.819. The van der Waals surface area contributed by atoms with Crippen molar-refractivity contribution in [3.63, 3.8) is 0 Å². The fourth-order valence-corrected chi connectivity index (χ4v) is 1.50. The van der Waals surface area contributed by atoms with Crippen LogP contribution < -0.4 is 5.32 Å². The summed E-state index contributed by atoms with van der Waals surface area (Å²) in [4.78, 5) is 11.8. The van der Waals surface area contributed by atoms with Gasteiger partial charge in [-0.05, 0) is 37.5 Å². The van der Waals surface area contributed by atoms with Crippen LogP contribution in [0.15, 0.2) is 18.2 Å². The summed E-state index contributed by atoms with van der Waals surface area (Å²) in [6, 6.07) is 5.93. The molecule has 0 saturated carbocycles. The van der Waals surface area contributed by atoms with Crippen molar-refractivity contribution in [2.75, 3.05) is 11.9 Å². The molecule has 1 aromatic carbocycles. The Labute approximate surface area is 96.5 Å². The second kappa shape index (κ2) is 5.66. The van der Waals surface area contributed by atoms with E-state index >= 15 is 0 Å². The monoisotopic (exact) mass is 221 g/mol. The van der Waals surface area contributed by atoms with Gasteiger partial charge in [0.2, 0.25) is 5.91 Å². The van der Waals surface area contributed by atoms with Crippen LogP contribution in [0.3, 0.4) is 0 Å². The molecule has 3 nitrogen and oxygen atoms in total. The van der Waals surface area contributed by atoms with Crippen LogP contribution in [0, 0.1) is 19.8 Å². The number of aryl methyl sites for hydroxylation is 2. The van der Waals surface area contributed by atoms with Crippen molar-refractivity contribution in [2.45, 2.75) is 27.2 Å². The number of amides is 1. The van der Waals surface area contributed by atoms with Gasteiger partial charge >= 0.3 is 0 Å². The molecule has 0 bridgehead atoms. The highest BCUT2D eigenvalue weighted by atomic mass is 16.3. The van der Waals surface area contributed by atoms with Gasteiger partial charge in [0.1, 0.15) is 0 Å². The first-order chi connectivity index (χ1) is 7.58. The number of anilines is 1. The molecule has 88 valence electrons. The smallest absolute Gasteiger partial charge is 0.229 e. The number of carbonyl (C=O) groups is 1. The predicted octanol–water partition coefficient (Wildman–Crippen LogP) is 2.26. The number of benzene rings is 1. The minimum absolute atomic E-state index is 0.104. The maximum atomic E-state index is 11.8. The summed E-state index contributed by atoms with van der Waals surface area (Å²) in [5.41, 5.74) is 2.97. The van der Waals surface area contributed by atoms with Crippen LogP contribution in [0.4, 0.5) is 5.69 Å². The second-order valence-corrected chi connectivity index (χ2v) is 4.10. The molecule has 0 fully saturated rings. The number of hydrogen-bond acceptors (Lipinski definition) is 2. The van der Waals surface area contributed by atoms with Crippen molar-refractivity contribution in [2.24, 2.45) is 5.92 Å². The molecule has 0 radical (unpaired) electrons. The molecule has 16 heavy (non-hydrogen) atoms. The van der Waals surface area contributed by atoms with Crippen LogP contribution in [-0.4, -0.2) is 17.6 Å². The summed E-state index contributed by atoms with van der Waals surface area (Å²) in [5, 5.41) is 11.9. The molecule has 0 aliphatic heterocycles. The molecular weight excluding hydrogens is 202 g/mol. The predicted molar refractivity (Wildman–Crippen MR) is 65.4 cm³/mol. The van der Waals surface area contributed by atoms with Crippen molar-refractivity contribution in [1.82, 2.24) is 0 Å². The van der Waals surface area contributed by atoms with Crippen molar-refractivity contribution >= 4 is 11.6 Å². The number of aliphatic hydroxyl groups excluding tert-OH is 1. The Hall–Kier alpha value is -1.35. The Morgan fingerprint density at radius 3 is 2.69 bits per heavy atom. The van der Waals surface area contributed by atoms with Gasteiger partial charge in [-0.15, -0.1) is 0 Å². The van der Waals surface area contributed by atoms with E-state index in [-0.39, 0.29) is 18.4 Å². The van der Waals surface area contributed by atoms with Crippen LogP contribution in [-0.2, 0) is 4.79 Å². The summed E-state index contributed by atoms with van der Waals surface area (Å²) in [6.07, 6.45) is 0.646. The highest BCUT2D eigenvalue weighted by Gasteiger charge is 2.15. The van der Waals surface area contributed by atoms with Gasteiger partial charge in [0.15, 0.2) is 0 Å². The molecule has 2 N–H and O–H groups in total. The van der Waals surface area contributed by atoms with Gasteiger partial charge in [0.25, 0.3) is 0 Å². The van der Waals surface area contributed by atoms with Gasteiger partial charge in [-0.25, -0.2) is 0 Å². The first kappa shape index (κ1) is 12.7. The van der Waals surface area contributed by atoms with Crippen molar-refractivity contribution in [1.29, 1.82) is 0 Å². The Morgan fingerprint density at radius 2 is 2.12 bits per heavy atom. The van der Waals surface area contributed by atoms with Crippen LogP contribution in [0.2, 0.25) is 0 Å². The average Bonchev–Trinajstić information content (AvgIpc) is 2.25. The third kappa shape index (κ3) is 3.07. The topological polar surface area (TPSA) is 49.3 Å². The number of carbonyl (C=O) groups excluding carboxylic acids is 1. The Balaban J connectivity index is 2.80. The van der Waals surface area contributed by atoms with E-state index in [2.05, 4.69) is 5.32 Å². The summed E-state index contributed by atoms with van der Waals surface area (Å²) in [7, 11) is 0. The first-order valence-corrected chi connectivity index (χ1v) is 5.57. The largest absolute Gasteiger partial charge is 0.396 e. The van der Waals surface area contributed by atoms with Gasteiger partial charge in [0.05, 0.1) is 12.5 Å². The van der Waals surface area contributed by atoms with E-state index < -0.39 is 0 Å². The van der Waals surface area contributed by atoms with Gasteiger partial charge in [0, 0.05) is 5.69 Å². The Kier molecular flexibility index (Phi) is 4.50. The first-order valence-electron chi connectivity index (χ1n) is 5.57. The van der Waals surface area contributed by atoms with Crippen molar-refractivity contribution in [3.05, 3.63) is 29.3 Å². The third-order valence-corrected chi connectivity index (χ3v) is 2.73. The maximum absolute atomic E-state index is 11.8. The molecule has 0 heterocycles. The highest BCUT2D eigenvalue weighted by molar-refractivity contribution is 5.93. The van der Waals surface area contributed by atoms with E-state index in [9.17, 15) is 4.79 Å². The lowest BCUT2D eigenvalue weighted by Crippen LogP contribution is -2.25. The second-order valence-electron chi connectivity index (χ2n) is 4.10. The van der Waals surface area contributed by atoms with E-state index in [0.29, 0.717) is 6.42 Å². The Bertz CT molecular complexity index is 370. The molecule has 0 aliphatic rings. The summed E-state index contributed by atoms with van der Waals surface area (Å²) >= 11 is 0. The molecule has 1 unspecified atom stereocenters. The van der Waals surface area contributed by atoms with Crippen LogP contribution in [0.5, 0.6) is 0 Å². The molecule has 0 spiro atoms. The minimum atomic E-state index is -0.320. The normalized spacial score (nSPS) is 12.2. The lowest BCUT2D eigenvalue weighted by molar-refractivity contribution is -0.121. The summed E-state index contributed by atoms with van der Waals surface area (Å²) in [6.45, 7) is 5.73. The zero-order valence-corrected chi connectivity index (χ0v) is 10.1. The molecular formula is C13H19NO2. The van der Waals surface area contributed by atoms with Gasteiger partial charge in [-0.3, -0.25) is 4.79 Å². The van der Waals surface area contributed by atoms with Gasteiger partial charge in [-0.2, -0.15) is 0 Å². The van der Waals surface area contributed by atoms with Crippen LogP contribution >= 0.6 is 0 Å². The number of aliphatic hydroxyl groups is 1. The minimum Gasteiger partial charge on any atom is -0.396 e. The van der Waals surface area contributed by atoms with E-state index in [4.69, 9.17) is 5.11 Å².